The number of nitrogens with zero attached hydrogens (tertiary/aromatic N) is 2. The highest BCUT2D eigenvalue weighted by atomic mass is 16.3. The molecule has 1 aliphatic heterocycles. The lowest BCUT2D eigenvalue weighted by Gasteiger charge is -2.22. The lowest BCUT2D eigenvalue weighted by Crippen LogP contribution is -2.44. The van der Waals surface area contributed by atoms with Crippen LogP contribution in [0.4, 0.5) is 5.69 Å². The number of para-hydroxylation sites is 1. The third kappa shape index (κ3) is 2.50. The smallest absolute Gasteiger partial charge is 0.316 e. The van der Waals surface area contributed by atoms with E-state index in [1.807, 2.05) is 18.2 Å². The summed E-state index contributed by atoms with van der Waals surface area (Å²) < 4.78 is 0. The molecule has 1 unspecified atom stereocenters. The number of fused-ring (bicyclic) bond motifs is 2. The van der Waals surface area contributed by atoms with Crippen LogP contribution in [0.1, 0.15) is 31.7 Å². The zero-order valence-electron chi connectivity index (χ0n) is 13.1. The summed E-state index contributed by atoms with van der Waals surface area (Å²) in [5.41, 5.74) is 2.16. The van der Waals surface area contributed by atoms with Gasteiger partial charge in [0, 0.05) is 31.2 Å². The van der Waals surface area contributed by atoms with Crippen molar-refractivity contribution in [2.45, 2.75) is 37.7 Å². The van der Waals surface area contributed by atoms with E-state index in [2.05, 4.69) is 6.07 Å². The highest BCUT2D eigenvalue weighted by molar-refractivity contribution is 6.40. The maximum atomic E-state index is 12.6. The van der Waals surface area contributed by atoms with E-state index in [0.717, 1.165) is 18.5 Å². The second kappa shape index (κ2) is 5.39. The van der Waals surface area contributed by atoms with Crippen LogP contribution in [0.5, 0.6) is 0 Å². The van der Waals surface area contributed by atoms with Gasteiger partial charge in [0.05, 0.1) is 6.10 Å². The van der Waals surface area contributed by atoms with Crippen LogP contribution in [0.25, 0.3) is 0 Å². The Morgan fingerprint density at radius 3 is 2.68 bits per heavy atom. The SMILES string of the molecule is CC(O)CCN(C)C(=O)C(=O)N1CC2(CC2)c2ccccc21. The molecule has 0 bridgehead atoms. The van der Waals surface area contributed by atoms with Crippen LogP contribution in [0.3, 0.4) is 0 Å². The van der Waals surface area contributed by atoms with Crippen LogP contribution in [0.15, 0.2) is 24.3 Å². The number of carbonyl (C=O) groups is 2. The van der Waals surface area contributed by atoms with Crippen molar-refractivity contribution < 1.29 is 14.7 Å². The summed E-state index contributed by atoms with van der Waals surface area (Å²) in [4.78, 5) is 27.9. The minimum atomic E-state index is -0.506. The molecule has 1 aromatic rings. The minimum absolute atomic E-state index is 0.0880. The molecule has 0 saturated heterocycles. The van der Waals surface area contributed by atoms with Gasteiger partial charge in [-0.1, -0.05) is 18.2 Å². The average molecular weight is 302 g/mol. The summed E-state index contributed by atoms with van der Waals surface area (Å²) in [5, 5.41) is 9.31. The number of amides is 2. The monoisotopic (exact) mass is 302 g/mol. The van der Waals surface area contributed by atoms with Crippen molar-refractivity contribution in [1.82, 2.24) is 4.90 Å². The Morgan fingerprint density at radius 2 is 2.05 bits per heavy atom. The fourth-order valence-corrected chi connectivity index (χ4v) is 3.15. The number of likely N-dealkylation sites (N-methyl/N-ethyl adjacent to an activating group) is 1. The van der Waals surface area contributed by atoms with Gasteiger partial charge < -0.3 is 14.9 Å². The maximum absolute atomic E-state index is 12.6. The lowest BCUT2D eigenvalue weighted by molar-refractivity contribution is -0.143. The van der Waals surface area contributed by atoms with E-state index in [0.29, 0.717) is 19.5 Å². The van der Waals surface area contributed by atoms with Gasteiger partial charge >= 0.3 is 11.8 Å². The van der Waals surface area contributed by atoms with Gasteiger partial charge in [-0.15, -0.1) is 0 Å². The Morgan fingerprint density at radius 1 is 1.36 bits per heavy atom. The third-order valence-electron chi connectivity index (χ3n) is 4.74. The highest BCUT2D eigenvalue weighted by Crippen LogP contribution is 2.56. The summed E-state index contributed by atoms with van der Waals surface area (Å²) in [7, 11) is 1.61. The molecule has 118 valence electrons. The van der Waals surface area contributed by atoms with E-state index in [4.69, 9.17) is 0 Å². The van der Waals surface area contributed by atoms with Gasteiger partial charge in [0.15, 0.2) is 0 Å². The van der Waals surface area contributed by atoms with Crippen molar-refractivity contribution >= 4 is 17.5 Å². The molecule has 1 N–H and O–H groups in total. The van der Waals surface area contributed by atoms with E-state index in [1.165, 1.54) is 10.5 Å². The second-order valence-electron chi connectivity index (χ2n) is 6.55. The predicted octanol–water partition coefficient (Wildman–Crippen LogP) is 1.29. The number of rotatable bonds is 3. The zero-order valence-corrected chi connectivity index (χ0v) is 13.1. The van der Waals surface area contributed by atoms with Crippen molar-refractivity contribution in [1.29, 1.82) is 0 Å². The van der Waals surface area contributed by atoms with Crippen LogP contribution < -0.4 is 4.90 Å². The molecule has 5 heteroatoms. The van der Waals surface area contributed by atoms with Gasteiger partial charge in [-0.25, -0.2) is 0 Å². The fourth-order valence-electron chi connectivity index (χ4n) is 3.15. The summed E-state index contributed by atoms with van der Waals surface area (Å²) in [5.74, 6) is -0.975. The number of aliphatic hydroxyl groups is 1. The second-order valence-corrected chi connectivity index (χ2v) is 6.55. The number of aliphatic hydroxyl groups excluding tert-OH is 1. The molecular weight excluding hydrogens is 280 g/mol. The number of benzene rings is 1. The van der Waals surface area contributed by atoms with Gasteiger partial charge in [-0.3, -0.25) is 9.59 Å². The molecule has 1 aliphatic carbocycles. The molecule has 1 heterocycles. The van der Waals surface area contributed by atoms with Gasteiger partial charge in [-0.05, 0) is 37.8 Å². The first-order valence-electron chi connectivity index (χ1n) is 7.79. The van der Waals surface area contributed by atoms with E-state index in [-0.39, 0.29) is 5.41 Å². The van der Waals surface area contributed by atoms with Crippen LogP contribution in [-0.2, 0) is 15.0 Å². The molecule has 3 rings (SSSR count). The topological polar surface area (TPSA) is 60.9 Å². The van der Waals surface area contributed by atoms with E-state index < -0.39 is 17.9 Å². The molecule has 0 radical (unpaired) electrons. The molecule has 5 nitrogen and oxygen atoms in total. The Labute approximate surface area is 130 Å². The van der Waals surface area contributed by atoms with Gasteiger partial charge in [0.2, 0.25) is 0 Å². The Kier molecular flexibility index (Phi) is 3.68. The Bertz CT molecular complexity index is 608. The molecule has 1 aromatic carbocycles. The Balaban J connectivity index is 1.75. The molecular formula is C17H22N2O3. The highest BCUT2D eigenvalue weighted by Gasteiger charge is 2.53. The van der Waals surface area contributed by atoms with Crippen molar-refractivity contribution in [2.24, 2.45) is 0 Å². The van der Waals surface area contributed by atoms with Crippen molar-refractivity contribution in [2.75, 3.05) is 25.0 Å². The molecule has 2 amide bonds. The molecule has 1 atom stereocenters. The largest absolute Gasteiger partial charge is 0.393 e. The van der Waals surface area contributed by atoms with Crippen molar-refractivity contribution in [3.63, 3.8) is 0 Å². The standard InChI is InChI=1S/C17H22N2O3/c1-12(20)7-10-18(2)15(21)16(22)19-11-17(8-9-17)13-5-3-4-6-14(13)19/h3-6,12,20H,7-11H2,1-2H3. The quantitative estimate of drug-likeness (QED) is 0.856. The summed E-state index contributed by atoms with van der Waals surface area (Å²) in [6, 6.07) is 7.88. The van der Waals surface area contributed by atoms with E-state index in [9.17, 15) is 14.7 Å². The first-order chi connectivity index (χ1) is 10.4. The first kappa shape index (κ1) is 15.0. The minimum Gasteiger partial charge on any atom is -0.393 e. The van der Waals surface area contributed by atoms with E-state index in [1.54, 1.807) is 18.9 Å². The first-order valence-corrected chi connectivity index (χ1v) is 7.79. The number of anilines is 1. The predicted molar refractivity (Wildman–Crippen MR) is 83.6 cm³/mol. The third-order valence-corrected chi connectivity index (χ3v) is 4.74. The summed E-state index contributed by atoms with van der Waals surface area (Å²) in [6.45, 7) is 2.66. The molecule has 1 spiro atoms. The zero-order chi connectivity index (χ0) is 15.9. The van der Waals surface area contributed by atoms with Gasteiger partial charge in [-0.2, -0.15) is 0 Å². The van der Waals surface area contributed by atoms with Crippen molar-refractivity contribution in [3.05, 3.63) is 29.8 Å². The lowest BCUT2D eigenvalue weighted by atomic mass is 9.99. The molecule has 1 saturated carbocycles. The molecule has 0 aromatic heterocycles. The van der Waals surface area contributed by atoms with Crippen LogP contribution >= 0.6 is 0 Å². The van der Waals surface area contributed by atoms with Gasteiger partial charge in [0.25, 0.3) is 0 Å². The number of carbonyl (C=O) groups excluding carboxylic acids is 2. The maximum Gasteiger partial charge on any atom is 0.316 e. The average Bonchev–Trinajstić information content (AvgIpc) is 3.21. The van der Waals surface area contributed by atoms with Crippen molar-refractivity contribution in [3.8, 4) is 0 Å². The summed E-state index contributed by atoms with van der Waals surface area (Å²) >= 11 is 0. The normalized spacial score (nSPS) is 19.0. The van der Waals surface area contributed by atoms with Crippen LogP contribution in [-0.4, -0.2) is 48.1 Å². The number of hydrogen-bond donors (Lipinski definition) is 1. The summed E-state index contributed by atoms with van der Waals surface area (Å²) in [6.07, 6.45) is 2.16. The molecule has 1 fully saturated rings. The molecule has 2 aliphatic rings. The van der Waals surface area contributed by atoms with Gasteiger partial charge in [0.1, 0.15) is 0 Å². The number of hydrogen-bond acceptors (Lipinski definition) is 3. The molecule has 22 heavy (non-hydrogen) atoms. The van der Waals surface area contributed by atoms with Crippen LogP contribution in [0.2, 0.25) is 0 Å². The Hall–Kier alpha value is -1.88. The van der Waals surface area contributed by atoms with Crippen LogP contribution in [0, 0.1) is 0 Å². The van der Waals surface area contributed by atoms with E-state index >= 15 is 0 Å². The fraction of sp³-hybridized carbons (Fsp3) is 0.529.